The summed E-state index contributed by atoms with van der Waals surface area (Å²) >= 11 is 5.99. The molecule has 2 aromatic rings. The third kappa shape index (κ3) is 2.47. The number of hydrogen-bond acceptors (Lipinski definition) is 3. The van der Waals surface area contributed by atoms with Gasteiger partial charge in [0.25, 0.3) is 0 Å². The van der Waals surface area contributed by atoms with E-state index in [1.54, 1.807) is 16.9 Å². The van der Waals surface area contributed by atoms with E-state index in [0.717, 1.165) is 11.4 Å². The molecular weight excluding hydrogens is 235 g/mol. The van der Waals surface area contributed by atoms with Gasteiger partial charge in [0.05, 0.1) is 22.6 Å². The van der Waals surface area contributed by atoms with E-state index in [9.17, 15) is 0 Å². The number of nitrogens with two attached hydrogens (primary N) is 1. The minimum atomic E-state index is 0. The predicted octanol–water partition coefficient (Wildman–Crippen LogP) is 1.80. The molecule has 0 amide bonds. The molecule has 2 rings (SSSR count). The van der Waals surface area contributed by atoms with Crippen molar-refractivity contribution in [3.8, 4) is 5.69 Å². The molecule has 0 aliphatic rings. The Morgan fingerprint density at radius 1 is 1.33 bits per heavy atom. The first-order valence-electron chi connectivity index (χ1n) is 4.17. The molecule has 0 radical (unpaired) electrons. The summed E-state index contributed by atoms with van der Waals surface area (Å²) in [5.41, 5.74) is 6.98. The zero-order valence-electron chi connectivity index (χ0n) is 7.80. The molecule has 1 aromatic carbocycles. The van der Waals surface area contributed by atoms with Crippen LogP contribution in [0.1, 0.15) is 5.69 Å². The van der Waals surface area contributed by atoms with E-state index in [0.29, 0.717) is 11.6 Å². The SMILES string of the molecule is Cl.NCc1cn(-c2ccccc2Cl)nn1. The molecule has 80 valence electrons. The van der Waals surface area contributed by atoms with Crippen LogP contribution < -0.4 is 5.73 Å². The summed E-state index contributed by atoms with van der Waals surface area (Å²) in [5.74, 6) is 0. The highest BCUT2D eigenvalue weighted by molar-refractivity contribution is 6.32. The molecule has 0 unspecified atom stereocenters. The van der Waals surface area contributed by atoms with Gasteiger partial charge in [-0.1, -0.05) is 28.9 Å². The second-order valence-electron chi connectivity index (χ2n) is 2.81. The Bertz CT molecular complexity index is 441. The summed E-state index contributed by atoms with van der Waals surface area (Å²) in [6.07, 6.45) is 1.77. The molecule has 0 fully saturated rings. The average Bonchev–Trinajstić information content (AvgIpc) is 2.67. The van der Waals surface area contributed by atoms with Crippen LogP contribution in [-0.4, -0.2) is 15.0 Å². The molecule has 4 nitrogen and oxygen atoms in total. The molecule has 2 N–H and O–H groups in total. The van der Waals surface area contributed by atoms with Crippen molar-refractivity contribution in [2.24, 2.45) is 5.73 Å². The summed E-state index contributed by atoms with van der Waals surface area (Å²) in [7, 11) is 0. The van der Waals surface area contributed by atoms with Gasteiger partial charge in [0.1, 0.15) is 0 Å². The molecular formula is C9H10Cl2N4. The molecule has 0 spiro atoms. The zero-order valence-corrected chi connectivity index (χ0v) is 9.37. The summed E-state index contributed by atoms with van der Waals surface area (Å²) < 4.78 is 1.62. The normalized spacial score (nSPS) is 9.73. The monoisotopic (exact) mass is 244 g/mol. The molecule has 0 saturated carbocycles. The van der Waals surface area contributed by atoms with E-state index in [2.05, 4.69) is 10.3 Å². The Morgan fingerprint density at radius 3 is 2.67 bits per heavy atom. The molecule has 0 bridgehead atoms. The van der Waals surface area contributed by atoms with Gasteiger partial charge in [-0.25, -0.2) is 4.68 Å². The lowest BCUT2D eigenvalue weighted by molar-refractivity contribution is 0.797. The molecule has 0 aliphatic carbocycles. The smallest absolute Gasteiger partial charge is 0.0967 e. The molecule has 1 heterocycles. The highest BCUT2D eigenvalue weighted by Gasteiger charge is 2.03. The van der Waals surface area contributed by atoms with Crippen molar-refractivity contribution in [2.75, 3.05) is 0 Å². The fraction of sp³-hybridized carbons (Fsp3) is 0.111. The van der Waals surface area contributed by atoms with Crippen LogP contribution in [0.5, 0.6) is 0 Å². The van der Waals surface area contributed by atoms with Crippen LogP contribution in [0.25, 0.3) is 5.69 Å². The second-order valence-corrected chi connectivity index (χ2v) is 3.22. The van der Waals surface area contributed by atoms with Crippen LogP contribution in [0.15, 0.2) is 30.5 Å². The summed E-state index contributed by atoms with van der Waals surface area (Å²) in [4.78, 5) is 0. The molecule has 0 saturated heterocycles. The van der Waals surface area contributed by atoms with Crippen molar-refractivity contribution in [3.63, 3.8) is 0 Å². The molecule has 15 heavy (non-hydrogen) atoms. The molecule has 1 aromatic heterocycles. The van der Waals surface area contributed by atoms with Gasteiger partial charge in [0, 0.05) is 6.54 Å². The largest absolute Gasteiger partial charge is 0.325 e. The number of halogens is 2. The summed E-state index contributed by atoms with van der Waals surface area (Å²) in [5, 5.41) is 8.44. The highest BCUT2D eigenvalue weighted by Crippen LogP contribution is 2.18. The van der Waals surface area contributed by atoms with Crippen LogP contribution in [0, 0.1) is 0 Å². The fourth-order valence-electron chi connectivity index (χ4n) is 1.15. The molecule has 0 atom stereocenters. The van der Waals surface area contributed by atoms with E-state index in [1.807, 2.05) is 18.2 Å². The Hall–Kier alpha value is -1.10. The van der Waals surface area contributed by atoms with Crippen LogP contribution in [0.2, 0.25) is 5.02 Å². The standard InChI is InChI=1S/C9H9ClN4.ClH/c10-8-3-1-2-4-9(8)14-6-7(5-11)12-13-14;/h1-4,6H,5,11H2;1H. The zero-order chi connectivity index (χ0) is 9.97. The van der Waals surface area contributed by atoms with Gasteiger partial charge in [-0.05, 0) is 12.1 Å². The Kier molecular flexibility index (Phi) is 4.08. The number of rotatable bonds is 2. The highest BCUT2D eigenvalue weighted by atomic mass is 35.5. The first-order chi connectivity index (χ1) is 6.81. The van der Waals surface area contributed by atoms with Crippen LogP contribution >= 0.6 is 24.0 Å². The maximum atomic E-state index is 5.99. The van der Waals surface area contributed by atoms with Crippen molar-refractivity contribution < 1.29 is 0 Å². The lowest BCUT2D eigenvalue weighted by Crippen LogP contribution is -1.96. The third-order valence-electron chi connectivity index (χ3n) is 1.85. The lowest BCUT2D eigenvalue weighted by atomic mass is 10.3. The van der Waals surface area contributed by atoms with E-state index < -0.39 is 0 Å². The number of aromatic nitrogens is 3. The fourth-order valence-corrected chi connectivity index (χ4v) is 1.37. The average molecular weight is 245 g/mol. The van der Waals surface area contributed by atoms with Crippen molar-refractivity contribution in [2.45, 2.75) is 6.54 Å². The minimum Gasteiger partial charge on any atom is -0.325 e. The number of nitrogens with zero attached hydrogens (tertiary/aromatic N) is 3. The van der Waals surface area contributed by atoms with Crippen molar-refractivity contribution in [1.82, 2.24) is 15.0 Å². The lowest BCUT2D eigenvalue weighted by Gasteiger charge is -2.00. The second kappa shape index (κ2) is 5.11. The van der Waals surface area contributed by atoms with Gasteiger partial charge < -0.3 is 5.73 Å². The van der Waals surface area contributed by atoms with Crippen LogP contribution in [0.3, 0.4) is 0 Å². The van der Waals surface area contributed by atoms with Gasteiger partial charge in [-0.2, -0.15) is 0 Å². The predicted molar refractivity (Wildman–Crippen MR) is 61.5 cm³/mol. The van der Waals surface area contributed by atoms with E-state index in [4.69, 9.17) is 17.3 Å². The number of hydrogen-bond donors (Lipinski definition) is 1. The first kappa shape index (κ1) is 12.0. The van der Waals surface area contributed by atoms with E-state index >= 15 is 0 Å². The summed E-state index contributed by atoms with van der Waals surface area (Å²) in [6.45, 7) is 0.379. The number of para-hydroxylation sites is 1. The molecule has 0 aliphatic heterocycles. The minimum absolute atomic E-state index is 0. The Labute approximate surface area is 98.4 Å². The topological polar surface area (TPSA) is 56.7 Å². The third-order valence-corrected chi connectivity index (χ3v) is 2.17. The van der Waals surface area contributed by atoms with E-state index in [-0.39, 0.29) is 12.4 Å². The van der Waals surface area contributed by atoms with Gasteiger partial charge >= 0.3 is 0 Å². The Morgan fingerprint density at radius 2 is 2.07 bits per heavy atom. The van der Waals surface area contributed by atoms with E-state index in [1.165, 1.54) is 0 Å². The van der Waals surface area contributed by atoms with Gasteiger partial charge in [-0.15, -0.1) is 17.5 Å². The van der Waals surface area contributed by atoms with Gasteiger partial charge in [0.2, 0.25) is 0 Å². The maximum Gasteiger partial charge on any atom is 0.0967 e. The van der Waals surface area contributed by atoms with Gasteiger partial charge in [-0.3, -0.25) is 0 Å². The van der Waals surface area contributed by atoms with Crippen molar-refractivity contribution in [1.29, 1.82) is 0 Å². The maximum absolute atomic E-state index is 5.99. The number of benzene rings is 1. The molecule has 6 heteroatoms. The van der Waals surface area contributed by atoms with Crippen LogP contribution in [-0.2, 0) is 6.54 Å². The Balaban J connectivity index is 0.00000112. The summed E-state index contributed by atoms with van der Waals surface area (Å²) in [6, 6.07) is 7.44. The van der Waals surface area contributed by atoms with Crippen molar-refractivity contribution in [3.05, 3.63) is 41.2 Å². The quantitative estimate of drug-likeness (QED) is 0.877. The van der Waals surface area contributed by atoms with Crippen LogP contribution in [0.4, 0.5) is 0 Å². The first-order valence-corrected chi connectivity index (χ1v) is 4.55. The van der Waals surface area contributed by atoms with Crippen molar-refractivity contribution >= 4 is 24.0 Å². The van der Waals surface area contributed by atoms with Gasteiger partial charge in [0.15, 0.2) is 0 Å².